The Morgan fingerprint density at radius 2 is 1.86 bits per heavy atom. The zero-order chi connectivity index (χ0) is 20.5. The van der Waals surface area contributed by atoms with Gasteiger partial charge in [0.05, 0.1) is 5.56 Å². The Hall–Kier alpha value is -3.15. The average molecular weight is 399 g/mol. The molecule has 0 bridgehead atoms. The lowest BCUT2D eigenvalue weighted by molar-refractivity contribution is -0.274. The van der Waals surface area contributed by atoms with Crippen LogP contribution in [-0.2, 0) is 0 Å². The number of pyridine rings is 1. The first-order valence-corrected chi connectivity index (χ1v) is 7.80. The summed E-state index contributed by atoms with van der Waals surface area (Å²) in [5.74, 6) is 4.30. The summed E-state index contributed by atoms with van der Waals surface area (Å²) in [7, 11) is 0. The van der Waals surface area contributed by atoms with Crippen molar-refractivity contribution in [2.45, 2.75) is 25.6 Å². The highest BCUT2D eigenvalue weighted by molar-refractivity contribution is 5.70. The van der Waals surface area contributed by atoms with Crippen molar-refractivity contribution < 1.29 is 35.8 Å². The molecule has 3 rings (SSSR count). The second kappa shape index (κ2) is 7.11. The van der Waals surface area contributed by atoms with Gasteiger partial charge in [0, 0.05) is 23.5 Å². The number of fused-ring (bicyclic) bond motifs is 1. The number of ether oxygens (including phenoxy) is 2. The molecule has 1 aliphatic rings. The lowest BCUT2D eigenvalue weighted by atomic mass is 9.99. The Bertz CT molecular complexity index is 968. The van der Waals surface area contributed by atoms with E-state index < -0.39 is 24.4 Å². The third kappa shape index (κ3) is 4.57. The van der Waals surface area contributed by atoms with Crippen molar-refractivity contribution in [1.82, 2.24) is 4.98 Å². The molecule has 0 N–H and O–H groups in total. The molecule has 0 aliphatic carbocycles. The summed E-state index contributed by atoms with van der Waals surface area (Å²) in [6, 6.07) is 5.02. The molecule has 1 aromatic heterocycles. The maximum absolute atomic E-state index is 13.2. The molecule has 2 heterocycles. The largest absolute Gasteiger partial charge is 0.573 e. The van der Waals surface area contributed by atoms with Gasteiger partial charge in [-0.1, -0.05) is 11.8 Å². The van der Waals surface area contributed by atoms with Crippen LogP contribution in [0.4, 0.5) is 26.3 Å². The SMILES string of the molecule is CC1=Cc2cc(OC(F)(F)F)cc(C#Cc3cccnc3)c2OC1C(F)(F)F. The molecular formula is C19H11F6NO2. The van der Waals surface area contributed by atoms with Gasteiger partial charge in [-0.15, -0.1) is 13.2 Å². The van der Waals surface area contributed by atoms with Crippen molar-refractivity contribution >= 4 is 6.08 Å². The van der Waals surface area contributed by atoms with E-state index in [2.05, 4.69) is 21.6 Å². The normalized spacial score (nSPS) is 16.2. The monoisotopic (exact) mass is 399 g/mol. The summed E-state index contributed by atoms with van der Waals surface area (Å²) in [5.41, 5.74) is 0.0671. The quantitative estimate of drug-likeness (QED) is 0.494. The second-order valence-corrected chi connectivity index (χ2v) is 5.86. The van der Waals surface area contributed by atoms with Crippen molar-refractivity contribution in [3.63, 3.8) is 0 Å². The third-order valence-corrected chi connectivity index (χ3v) is 3.66. The van der Waals surface area contributed by atoms with E-state index in [-0.39, 0.29) is 22.4 Å². The Labute approximate surface area is 155 Å². The van der Waals surface area contributed by atoms with Crippen LogP contribution >= 0.6 is 0 Å². The fourth-order valence-corrected chi connectivity index (χ4v) is 2.58. The van der Waals surface area contributed by atoms with Crippen LogP contribution in [0.15, 0.2) is 42.2 Å². The van der Waals surface area contributed by atoms with Crippen molar-refractivity contribution in [2.24, 2.45) is 0 Å². The average Bonchev–Trinajstić information content (AvgIpc) is 2.57. The minimum Gasteiger partial charge on any atom is -0.475 e. The molecule has 0 spiro atoms. The molecule has 1 atom stereocenters. The predicted molar refractivity (Wildman–Crippen MR) is 87.5 cm³/mol. The van der Waals surface area contributed by atoms with Crippen LogP contribution in [0.1, 0.15) is 23.6 Å². The van der Waals surface area contributed by atoms with E-state index in [9.17, 15) is 26.3 Å². The summed E-state index contributed by atoms with van der Waals surface area (Å²) < 4.78 is 86.3. The zero-order valence-electron chi connectivity index (χ0n) is 14.2. The number of hydrogen-bond donors (Lipinski definition) is 0. The van der Waals surface area contributed by atoms with E-state index in [1.807, 2.05) is 0 Å². The summed E-state index contributed by atoms with van der Waals surface area (Å²) in [6.45, 7) is 1.18. The molecule has 0 saturated heterocycles. The van der Waals surface area contributed by atoms with Gasteiger partial charge in [-0.25, -0.2) is 0 Å². The van der Waals surface area contributed by atoms with Crippen LogP contribution in [0, 0.1) is 11.8 Å². The van der Waals surface area contributed by atoms with E-state index in [0.717, 1.165) is 18.2 Å². The highest BCUT2D eigenvalue weighted by Gasteiger charge is 2.45. The summed E-state index contributed by atoms with van der Waals surface area (Å²) in [6.07, 6.45) is -7.86. The Morgan fingerprint density at radius 3 is 2.46 bits per heavy atom. The summed E-state index contributed by atoms with van der Waals surface area (Å²) in [5, 5.41) is 0. The van der Waals surface area contributed by atoms with Gasteiger partial charge < -0.3 is 9.47 Å². The minimum atomic E-state index is -4.97. The van der Waals surface area contributed by atoms with Gasteiger partial charge in [-0.05, 0) is 42.8 Å². The Kier molecular flexibility index (Phi) is 4.98. The molecule has 1 aliphatic heterocycles. The fourth-order valence-electron chi connectivity index (χ4n) is 2.58. The van der Waals surface area contributed by atoms with Crippen LogP contribution in [0.5, 0.6) is 11.5 Å². The predicted octanol–water partition coefficient (Wildman–Crippen LogP) is 5.11. The van der Waals surface area contributed by atoms with Gasteiger partial charge in [-0.3, -0.25) is 4.98 Å². The number of benzene rings is 1. The molecule has 0 saturated carbocycles. The van der Waals surface area contributed by atoms with Crippen LogP contribution in [0.2, 0.25) is 0 Å². The van der Waals surface area contributed by atoms with Gasteiger partial charge in [0.15, 0.2) is 0 Å². The smallest absolute Gasteiger partial charge is 0.475 e. The van der Waals surface area contributed by atoms with Crippen molar-refractivity contribution in [3.8, 4) is 23.3 Å². The van der Waals surface area contributed by atoms with E-state index >= 15 is 0 Å². The molecule has 146 valence electrons. The Balaban J connectivity index is 2.11. The topological polar surface area (TPSA) is 31.4 Å². The highest BCUT2D eigenvalue weighted by atomic mass is 19.4. The molecule has 0 radical (unpaired) electrons. The van der Waals surface area contributed by atoms with Crippen LogP contribution in [-0.4, -0.2) is 23.6 Å². The highest BCUT2D eigenvalue weighted by Crippen LogP contribution is 2.41. The minimum absolute atomic E-state index is 0.00948. The van der Waals surface area contributed by atoms with Crippen LogP contribution in [0.25, 0.3) is 6.08 Å². The summed E-state index contributed by atoms with van der Waals surface area (Å²) >= 11 is 0. The Morgan fingerprint density at radius 1 is 1.11 bits per heavy atom. The van der Waals surface area contributed by atoms with E-state index in [4.69, 9.17) is 4.74 Å². The first kappa shape index (κ1) is 19.6. The maximum Gasteiger partial charge on any atom is 0.573 e. The molecular weight excluding hydrogens is 388 g/mol. The van der Waals surface area contributed by atoms with Crippen LogP contribution < -0.4 is 9.47 Å². The number of aromatic nitrogens is 1. The maximum atomic E-state index is 13.2. The van der Waals surface area contributed by atoms with Crippen molar-refractivity contribution in [2.75, 3.05) is 0 Å². The fraction of sp³-hybridized carbons (Fsp3) is 0.211. The van der Waals surface area contributed by atoms with Gasteiger partial charge in [0.1, 0.15) is 11.5 Å². The van der Waals surface area contributed by atoms with Gasteiger partial charge >= 0.3 is 12.5 Å². The molecule has 0 amide bonds. The van der Waals surface area contributed by atoms with Crippen molar-refractivity contribution in [3.05, 3.63) is 58.9 Å². The van der Waals surface area contributed by atoms with Crippen LogP contribution in [0.3, 0.4) is 0 Å². The lowest BCUT2D eigenvalue weighted by Gasteiger charge is -2.28. The summed E-state index contributed by atoms with van der Waals surface area (Å²) in [4.78, 5) is 3.84. The lowest BCUT2D eigenvalue weighted by Crippen LogP contribution is -2.37. The van der Waals surface area contributed by atoms with E-state index in [1.165, 1.54) is 19.3 Å². The number of alkyl halides is 6. The molecule has 1 aromatic carbocycles. The van der Waals surface area contributed by atoms with E-state index in [1.54, 1.807) is 12.1 Å². The number of halogens is 6. The number of nitrogens with zero attached hydrogens (tertiary/aromatic N) is 1. The molecule has 3 nitrogen and oxygen atoms in total. The number of hydrogen-bond acceptors (Lipinski definition) is 3. The first-order valence-electron chi connectivity index (χ1n) is 7.80. The molecule has 28 heavy (non-hydrogen) atoms. The van der Waals surface area contributed by atoms with Gasteiger partial charge in [-0.2, -0.15) is 13.2 Å². The van der Waals surface area contributed by atoms with E-state index in [0.29, 0.717) is 5.56 Å². The van der Waals surface area contributed by atoms with Gasteiger partial charge in [0.25, 0.3) is 0 Å². The molecule has 9 heteroatoms. The standard InChI is InChI=1S/C19H11F6NO2/c1-11-7-14-9-15(28-19(23,24)25)8-13(5-4-12-3-2-6-26-10-12)16(14)27-17(11)18(20,21)22/h2-3,6-10,17H,1H3. The first-order chi connectivity index (χ1) is 13.0. The van der Waals surface area contributed by atoms with Crippen molar-refractivity contribution in [1.29, 1.82) is 0 Å². The number of rotatable bonds is 1. The molecule has 1 unspecified atom stereocenters. The molecule has 0 fully saturated rings. The zero-order valence-corrected chi connectivity index (χ0v) is 14.2. The van der Waals surface area contributed by atoms with Gasteiger partial charge in [0.2, 0.25) is 6.10 Å². The molecule has 2 aromatic rings. The second-order valence-electron chi connectivity index (χ2n) is 5.86. The third-order valence-electron chi connectivity index (χ3n) is 3.66.